The molecule has 2 heterocycles. The lowest BCUT2D eigenvalue weighted by Gasteiger charge is -2.29. The molecular formula is C20H16ClN3O3S. The monoisotopic (exact) mass is 413 g/mol. The normalized spacial score (nSPS) is 13.1. The van der Waals surface area contributed by atoms with Crippen LogP contribution in [-0.2, 0) is 9.59 Å². The second-order valence-corrected chi connectivity index (χ2v) is 7.41. The van der Waals surface area contributed by atoms with Crippen LogP contribution in [0.5, 0.6) is 5.75 Å². The molecule has 0 saturated heterocycles. The number of amides is 2. The van der Waals surface area contributed by atoms with Crippen LogP contribution in [-0.4, -0.2) is 29.9 Å². The van der Waals surface area contributed by atoms with E-state index in [1.807, 2.05) is 24.4 Å². The first kappa shape index (κ1) is 18.5. The predicted molar refractivity (Wildman–Crippen MR) is 110 cm³/mol. The second kappa shape index (κ2) is 7.61. The van der Waals surface area contributed by atoms with Gasteiger partial charge in [-0.15, -0.1) is 11.3 Å². The molecule has 142 valence electrons. The molecule has 0 radical (unpaired) electrons. The average Bonchev–Trinajstić information content (AvgIpc) is 3.22. The molecule has 0 saturated carbocycles. The van der Waals surface area contributed by atoms with Gasteiger partial charge in [0.05, 0.1) is 16.9 Å². The van der Waals surface area contributed by atoms with Gasteiger partial charge in [-0.3, -0.25) is 14.5 Å². The molecule has 1 N–H and O–H groups in total. The molecule has 1 aromatic heterocycles. The first-order chi connectivity index (χ1) is 13.5. The topological polar surface area (TPSA) is 71.5 Å². The first-order valence-electron chi connectivity index (χ1n) is 8.53. The van der Waals surface area contributed by atoms with Crippen LogP contribution in [0.4, 0.5) is 11.4 Å². The van der Waals surface area contributed by atoms with Gasteiger partial charge in [0.15, 0.2) is 6.61 Å². The lowest BCUT2D eigenvalue weighted by molar-refractivity contribution is -0.123. The van der Waals surface area contributed by atoms with Crippen LogP contribution in [0, 0.1) is 6.92 Å². The average molecular weight is 414 g/mol. The van der Waals surface area contributed by atoms with Crippen LogP contribution in [0.15, 0.2) is 47.3 Å². The largest absolute Gasteiger partial charge is 0.482 e. The number of halogens is 1. The SMILES string of the molecule is Cc1c(Cl)cccc1NC(=O)CN1C(=O)COc2ccc(-c3cscn3)cc21. The van der Waals surface area contributed by atoms with Gasteiger partial charge in [-0.05, 0) is 42.8 Å². The van der Waals surface area contributed by atoms with Gasteiger partial charge in [0.1, 0.15) is 12.3 Å². The van der Waals surface area contributed by atoms with E-state index in [-0.39, 0.29) is 25.0 Å². The van der Waals surface area contributed by atoms with Gasteiger partial charge < -0.3 is 10.1 Å². The molecule has 0 spiro atoms. The lowest BCUT2D eigenvalue weighted by Crippen LogP contribution is -2.43. The highest BCUT2D eigenvalue weighted by Gasteiger charge is 2.28. The molecule has 0 fully saturated rings. The summed E-state index contributed by atoms with van der Waals surface area (Å²) in [4.78, 5) is 30.8. The minimum atomic E-state index is -0.314. The summed E-state index contributed by atoms with van der Waals surface area (Å²) in [5, 5.41) is 5.31. The zero-order valence-electron chi connectivity index (χ0n) is 14.9. The van der Waals surface area contributed by atoms with E-state index < -0.39 is 0 Å². The zero-order valence-corrected chi connectivity index (χ0v) is 16.5. The third-order valence-electron chi connectivity index (χ3n) is 4.47. The summed E-state index contributed by atoms with van der Waals surface area (Å²) in [6.45, 7) is 1.60. The molecule has 4 rings (SSSR count). The number of benzene rings is 2. The number of rotatable bonds is 4. The number of ether oxygens (including phenoxy) is 1. The van der Waals surface area contributed by atoms with Gasteiger partial charge in [0.25, 0.3) is 5.91 Å². The molecular weight excluding hydrogens is 398 g/mol. The summed E-state index contributed by atoms with van der Waals surface area (Å²) >= 11 is 7.60. The minimum absolute atomic E-state index is 0.105. The van der Waals surface area contributed by atoms with E-state index in [0.29, 0.717) is 22.1 Å². The van der Waals surface area contributed by atoms with Gasteiger partial charge in [0, 0.05) is 21.7 Å². The number of hydrogen-bond donors (Lipinski definition) is 1. The second-order valence-electron chi connectivity index (χ2n) is 6.29. The van der Waals surface area contributed by atoms with Gasteiger partial charge >= 0.3 is 0 Å². The number of carbonyl (C=O) groups excluding carboxylic acids is 2. The Morgan fingerprint density at radius 2 is 2.21 bits per heavy atom. The third kappa shape index (κ3) is 3.58. The molecule has 0 unspecified atom stereocenters. The number of nitrogens with one attached hydrogen (secondary N) is 1. The van der Waals surface area contributed by atoms with E-state index >= 15 is 0 Å². The van der Waals surface area contributed by atoms with Crippen molar-refractivity contribution in [2.75, 3.05) is 23.4 Å². The Bertz CT molecular complexity index is 1050. The van der Waals surface area contributed by atoms with Crippen molar-refractivity contribution < 1.29 is 14.3 Å². The van der Waals surface area contributed by atoms with Crippen LogP contribution >= 0.6 is 22.9 Å². The highest BCUT2D eigenvalue weighted by atomic mass is 35.5. The first-order valence-corrected chi connectivity index (χ1v) is 9.86. The fourth-order valence-corrected chi connectivity index (χ4v) is 3.70. The maximum absolute atomic E-state index is 12.6. The van der Waals surface area contributed by atoms with E-state index in [0.717, 1.165) is 16.8 Å². The molecule has 0 bridgehead atoms. The van der Waals surface area contributed by atoms with Crippen molar-refractivity contribution in [1.82, 2.24) is 4.98 Å². The maximum atomic E-state index is 12.6. The maximum Gasteiger partial charge on any atom is 0.265 e. The van der Waals surface area contributed by atoms with E-state index in [9.17, 15) is 9.59 Å². The van der Waals surface area contributed by atoms with Crippen molar-refractivity contribution in [3.63, 3.8) is 0 Å². The Balaban J connectivity index is 1.59. The summed E-state index contributed by atoms with van der Waals surface area (Å²) < 4.78 is 5.51. The molecule has 1 aliphatic rings. The number of anilines is 2. The summed E-state index contributed by atoms with van der Waals surface area (Å²) in [6, 6.07) is 10.8. The highest BCUT2D eigenvalue weighted by molar-refractivity contribution is 7.07. The van der Waals surface area contributed by atoms with Gasteiger partial charge in [-0.25, -0.2) is 4.98 Å². The molecule has 0 aliphatic carbocycles. The lowest BCUT2D eigenvalue weighted by atomic mass is 10.1. The number of thiazole rings is 1. The summed E-state index contributed by atoms with van der Waals surface area (Å²) in [6.07, 6.45) is 0. The van der Waals surface area contributed by atoms with Crippen molar-refractivity contribution >= 4 is 46.1 Å². The van der Waals surface area contributed by atoms with Crippen molar-refractivity contribution in [2.45, 2.75) is 6.92 Å². The summed E-state index contributed by atoms with van der Waals surface area (Å²) in [7, 11) is 0. The number of aromatic nitrogens is 1. The molecule has 6 nitrogen and oxygen atoms in total. The zero-order chi connectivity index (χ0) is 19.7. The molecule has 8 heteroatoms. The molecule has 28 heavy (non-hydrogen) atoms. The fraction of sp³-hybridized carbons (Fsp3) is 0.150. The van der Waals surface area contributed by atoms with Gasteiger partial charge in [-0.2, -0.15) is 0 Å². The Morgan fingerprint density at radius 3 is 3.00 bits per heavy atom. The van der Waals surface area contributed by atoms with Crippen LogP contribution in [0.25, 0.3) is 11.3 Å². The quantitative estimate of drug-likeness (QED) is 0.697. The van der Waals surface area contributed by atoms with Crippen LogP contribution < -0.4 is 15.0 Å². The van der Waals surface area contributed by atoms with Gasteiger partial charge in [-0.1, -0.05) is 17.7 Å². The van der Waals surface area contributed by atoms with Crippen molar-refractivity contribution in [3.05, 3.63) is 57.9 Å². The Hall–Kier alpha value is -2.90. The van der Waals surface area contributed by atoms with Crippen molar-refractivity contribution in [3.8, 4) is 17.0 Å². The van der Waals surface area contributed by atoms with Crippen molar-refractivity contribution in [1.29, 1.82) is 0 Å². The van der Waals surface area contributed by atoms with E-state index in [1.54, 1.807) is 29.8 Å². The highest BCUT2D eigenvalue weighted by Crippen LogP contribution is 2.36. The third-order valence-corrected chi connectivity index (χ3v) is 5.47. The predicted octanol–water partition coefficient (Wildman–Crippen LogP) is 4.14. The number of fused-ring (bicyclic) bond motifs is 1. The van der Waals surface area contributed by atoms with Gasteiger partial charge in [0.2, 0.25) is 5.91 Å². The Morgan fingerprint density at radius 1 is 1.36 bits per heavy atom. The Labute approximate surface area is 170 Å². The Kier molecular flexibility index (Phi) is 5.02. The molecule has 0 atom stereocenters. The van der Waals surface area contributed by atoms with E-state index in [1.165, 1.54) is 16.2 Å². The summed E-state index contributed by atoms with van der Waals surface area (Å²) in [5.41, 5.74) is 5.36. The summed E-state index contributed by atoms with van der Waals surface area (Å²) in [5.74, 6) is -0.0307. The minimum Gasteiger partial charge on any atom is -0.482 e. The molecule has 1 aliphatic heterocycles. The standard InChI is InChI=1S/C20H16ClN3O3S/c1-12-14(21)3-2-4-15(12)23-19(25)8-24-17-7-13(16-10-28-11-22-16)5-6-18(17)27-9-20(24)26/h2-7,10-11H,8-9H2,1H3,(H,23,25). The number of nitrogens with zero attached hydrogens (tertiary/aromatic N) is 2. The molecule has 2 aromatic carbocycles. The fourth-order valence-electron chi connectivity index (χ4n) is 2.97. The van der Waals surface area contributed by atoms with E-state index in [4.69, 9.17) is 16.3 Å². The molecule has 3 aromatic rings. The van der Waals surface area contributed by atoms with E-state index in [2.05, 4.69) is 10.3 Å². The molecule has 2 amide bonds. The number of carbonyl (C=O) groups is 2. The number of hydrogen-bond acceptors (Lipinski definition) is 5. The van der Waals surface area contributed by atoms with Crippen LogP contribution in [0.3, 0.4) is 0 Å². The van der Waals surface area contributed by atoms with Crippen molar-refractivity contribution in [2.24, 2.45) is 0 Å². The van der Waals surface area contributed by atoms with Crippen LogP contribution in [0.2, 0.25) is 5.02 Å². The van der Waals surface area contributed by atoms with Crippen LogP contribution in [0.1, 0.15) is 5.56 Å². The smallest absolute Gasteiger partial charge is 0.265 e.